The fraction of sp³-hybridized carbons (Fsp3) is 0.500. The van der Waals surface area contributed by atoms with Gasteiger partial charge in [0.05, 0.1) is 5.56 Å². The van der Waals surface area contributed by atoms with Crippen LogP contribution in [0.3, 0.4) is 0 Å². The zero-order chi connectivity index (χ0) is 13.5. The van der Waals surface area contributed by atoms with Gasteiger partial charge in [0, 0.05) is 6.04 Å². The summed E-state index contributed by atoms with van der Waals surface area (Å²) in [6.45, 7) is 5.40. The van der Waals surface area contributed by atoms with Gasteiger partial charge in [0.25, 0.3) is 0 Å². The molecule has 0 amide bonds. The van der Waals surface area contributed by atoms with Crippen LogP contribution in [-0.2, 0) is 11.2 Å². The number of benzene rings is 1. The first kappa shape index (κ1) is 13.0. The summed E-state index contributed by atoms with van der Waals surface area (Å²) < 4.78 is 19.0. The van der Waals surface area contributed by atoms with Crippen LogP contribution in [-0.4, -0.2) is 11.6 Å². The van der Waals surface area contributed by atoms with Gasteiger partial charge in [-0.3, -0.25) is 0 Å². The van der Waals surface area contributed by atoms with Gasteiger partial charge >= 0.3 is 5.97 Å². The maximum Gasteiger partial charge on any atom is 0.338 e. The Hall–Kier alpha value is -1.42. The van der Waals surface area contributed by atoms with Crippen molar-refractivity contribution < 1.29 is 13.9 Å². The van der Waals surface area contributed by atoms with Gasteiger partial charge in [0.1, 0.15) is 11.4 Å². The van der Waals surface area contributed by atoms with Crippen LogP contribution in [0, 0.1) is 5.82 Å². The van der Waals surface area contributed by atoms with Crippen LogP contribution in [0.15, 0.2) is 12.1 Å². The summed E-state index contributed by atoms with van der Waals surface area (Å²) >= 11 is 0. The Morgan fingerprint density at radius 1 is 1.44 bits per heavy atom. The second-order valence-electron chi connectivity index (χ2n) is 5.63. The maximum absolute atomic E-state index is 13.6. The summed E-state index contributed by atoms with van der Waals surface area (Å²) in [4.78, 5) is 12.1. The Labute approximate surface area is 106 Å². The predicted octanol–water partition coefficient (Wildman–Crippen LogP) is 2.73. The van der Waals surface area contributed by atoms with Gasteiger partial charge < -0.3 is 10.5 Å². The highest BCUT2D eigenvalue weighted by molar-refractivity contribution is 5.92. The second-order valence-corrected chi connectivity index (χ2v) is 5.63. The van der Waals surface area contributed by atoms with Crippen molar-refractivity contribution in [2.45, 2.75) is 45.3 Å². The van der Waals surface area contributed by atoms with Crippen molar-refractivity contribution in [2.24, 2.45) is 5.73 Å². The molecule has 0 aliphatic heterocycles. The number of esters is 1. The van der Waals surface area contributed by atoms with Crippen molar-refractivity contribution in [1.82, 2.24) is 0 Å². The fourth-order valence-corrected chi connectivity index (χ4v) is 2.27. The SMILES string of the molecule is CC(C)(C)OC(=O)c1ccc(F)c2c1C(N)CC2. The largest absolute Gasteiger partial charge is 0.456 e. The van der Waals surface area contributed by atoms with E-state index in [1.807, 2.05) is 0 Å². The number of ether oxygens (including phenoxy) is 1. The quantitative estimate of drug-likeness (QED) is 0.781. The lowest BCUT2D eigenvalue weighted by Crippen LogP contribution is -2.25. The first-order valence-electron chi connectivity index (χ1n) is 6.10. The van der Waals surface area contributed by atoms with Gasteiger partial charge in [-0.15, -0.1) is 0 Å². The van der Waals surface area contributed by atoms with E-state index in [-0.39, 0.29) is 11.9 Å². The van der Waals surface area contributed by atoms with Crippen LogP contribution in [0.25, 0.3) is 0 Å². The number of carbonyl (C=O) groups is 1. The van der Waals surface area contributed by atoms with Crippen LogP contribution in [0.2, 0.25) is 0 Å². The molecule has 0 heterocycles. The average Bonchev–Trinajstić information content (AvgIpc) is 2.60. The summed E-state index contributed by atoms with van der Waals surface area (Å²) in [7, 11) is 0. The van der Waals surface area contributed by atoms with E-state index in [4.69, 9.17) is 10.5 Å². The molecule has 1 aliphatic carbocycles. The Kier molecular flexibility index (Phi) is 3.15. The number of fused-ring (bicyclic) bond motifs is 1. The summed E-state index contributed by atoms with van der Waals surface area (Å²) in [6.07, 6.45) is 1.25. The summed E-state index contributed by atoms with van der Waals surface area (Å²) in [5.41, 5.74) is 6.95. The van der Waals surface area contributed by atoms with E-state index in [0.29, 0.717) is 29.5 Å². The Morgan fingerprint density at radius 2 is 2.11 bits per heavy atom. The first-order valence-corrected chi connectivity index (χ1v) is 6.10. The summed E-state index contributed by atoms with van der Waals surface area (Å²) in [5, 5.41) is 0. The summed E-state index contributed by atoms with van der Waals surface area (Å²) in [6, 6.07) is 2.50. The van der Waals surface area contributed by atoms with Crippen molar-refractivity contribution in [3.8, 4) is 0 Å². The minimum Gasteiger partial charge on any atom is -0.456 e. The van der Waals surface area contributed by atoms with E-state index < -0.39 is 11.6 Å². The highest BCUT2D eigenvalue weighted by Gasteiger charge is 2.29. The molecular formula is C14H18FNO2. The smallest absolute Gasteiger partial charge is 0.338 e. The summed E-state index contributed by atoms with van der Waals surface area (Å²) in [5.74, 6) is -0.721. The second kappa shape index (κ2) is 4.35. The first-order chi connectivity index (χ1) is 8.29. The van der Waals surface area contributed by atoms with Crippen LogP contribution >= 0.6 is 0 Å². The molecule has 4 heteroatoms. The molecule has 1 aromatic carbocycles. The minimum atomic E-state index is -0.568. The topological polar surface area (TPSA) is 52.3 Å². The third kappa shape index (κ3) is 2.38. The van der Waals surface area contributed by atoms with E-state index in [1.54, 1.807) is 20.8 Å². The number of hydrogen-bond acceptors (Lipinski definition) is 3. The molecule has 1 aromatic rings. The Morgan fingerprint density at radius 3 is 2.72 bits per heavy atom. The van der Waals surface area contributed by atoms with Crippen LogP contribution in [0.1, 0.15) is 54.7 Å². The van der Waals surface area contributed by atoms with Gasteiger partial charge in [-0.1, -0.05) is 0 Å². The minimum absolute atomic E-state index is 0.279. The zero-order valence-electron chi connectivity index (χ0n) is 10.9. The third-order valence-corrected chi connectivity index (χ3v) is 2.99. The molecule has 2 N–H and O–H groups in total. The van der Waals surface area contributed by atoms with Crippen LogP contribution in [0.5, 0.6) is 0 Å². The Bertz CT molecular complexity index is 491. The zero-order valence-corrected chi connectivity index (χ0v) is 10.9. The lowest BCUT2D eigenvalue weighted by molar-refractivity contribution is 0.00679. The van der Waals surface area contributed by atoms with Gasteiger partial charge in [0.2, 0.25) is 0 Å². The molecular weight excluding hydrogens is 233 g/mol. The number of hydrogen-bond donors (Lipinski definition) is 1. The van der Waals surface area contributed by atoms with Crippen LogP contribution in [0.4, 0.5) is 4.39 Å². The van der Waals surface area contributed by atoms with Gasteiger partial charge in [-0.2, -0.15) is 0 Å². The number of rotatable bonds is 1. The molecule has 3 nitrogen and oxygen atoms in total. The highest BCUT2D eigenvalue weighted by atomic mass is 19.1. The monoisotopic (exact) mass is 251 g/mol. The fourth-order valence-electron chi connectivity index (χ4n) is 2.27. The lowest BCUT2D eigenvalue weighted by Gasteiger charge is -2.21. The molecule has 0 fully saturated rings. The van der Waals surface area contributed by atoms with Gasteiger partial charge in [0.15, 0.2) is 0 Å². The van der Waals surface area contributed by atoms with E-state index in [9.17, 15) is 9.18 Å². The van der Waals surface area contributed by atoms with Crippen LogP contribution < -0.4 is 5.73 Å². The molecule has 98 valence electrons. The number of carbonyl (C=O) groups excluding carboxylic acids is 1. The Balaban J connectivity index is 2.41. The van der Waals surface area contributed by atoms with Crippen molar-refractivity contribution in [3.05, 3.63) is 34.6 Å². The van der Waals surface area contributed by atoms with Crippen molar-refractivity contribution in [1.29, 1.82) is 0 Å². The molecule has 2 rings (SSSR count). The number of halogens is 1. The van der Waals surface area contributed by atoms with Gasteiger partial charge in [-0.05, 0) is 56.9 Å². The third-order valence-electron chi connectivity index (χ3n) is 2.99. The molecule has 0 spiro atoms. The molecule has 0 saturated heterocycles. The van der Waals surface area contributed by atoms with Crippen molar-refractivity contribution in [3.63, 3.8) is 0 Å². The highest BCUT2D eigenvalue weighted by Crippen LogP contribution is 2.34. The molecule has 1 unspecified atom stereocenters. The molecule has 0 saturated carbocycles. The standard InChI is InChI=1S/C14H18FNO2/c1-14(2,3)18-13(17)9-4-6-10(15)8-5-7-11(16)12(8)9/h4,6,11H,5,7,16H2,1-3H3. The molecule has 0 bridgehead atoms. The molecule has 18 heavy (non-hydrogen) atoms. The molecule has 0 aromatic heterocycles. The van der Waals surface area contributed by atoms with E-state index >= 15 is 0 Å². The average molecular weight is 251 g/mol. The van der Waals surface area contributed by atoms with Crippen molar-refractivity contribution in [2.75, 3.05) is 0 Å². The lowest BCUT2D eigenvalue weighted by atomic mass is 10.0. The van der Waals surface area contributed by atoms with E-state index in [0.717, 1.165) is 0 Å². The molecule has 1 atom stereocenters. The normalized spacial score (nSPS) is 18.6. The predicted molar refractivity (Wildman–Crippen MR) is 66.8 cm³/mol. The maximum atomic E-state index is 13.6. The van der Waals surface area contributed by atoms with E-state index in [2.05, 4.69) is 0 Å². The number of nitrogens with two attached hydrogens (primary N) is 1. The van der Waals surface area contributed by atoms with Gasteiger partial charge in [-0.25, -0.2) is 9.18 Å². The molecule has 1 aliphatic rings. The van der Waals surface area contributed by atoms with E-state index in [1.165, 1.54) is 12.1 Å². The van der Waals surface area contributed by atoms with Crippen molar-refractivity contribution >= 4 is 5.97 Å². The molecule has 0 radical (unpaired) electrons.